The van der Waals surface area contributed by atoms with Crippen molar-refractivity contribution in [3.8, 4) is 0 Å². The first-order valence-corrected chi connectivity index (χ1v) is 13.8. The van der Waals surface area contributed by atoms with Crippen LogP contribution in [0.1, 0.15) is 26.8 Å². The van der Waals surface area contributed by atoms with E-state index < -0.39 is 70.1 Å². The van der Waals surface area contributed by atoms with E-state index in [-0.39, 0.29) is 37.4 Å². The van der Waals surface area contributed by atoms with Crippen molar-refractivity contribution < 1.29 is 47.4 Å². The number of aromatic carboxylic acids is 1. The molecule has 41 heavy (non-hydrogen) atoms. The van der Waals surface area contributed by atoms with E-state index in [0.717, 1.165) is 28.0 Å². The van der Waals surface area contributed by atoms with Crippen molar-refractivity contribution in [1.29, 1.82) is 0 Å². The van der Waals surface area contributed by atoms with Gasteiger partial charge in [-0.15, -0.1) is 40.0 Å². The number of Topliss-reactive ketones (excluding diaryl/α,β-unsaturated/α-hetero) is 1. The number of aliphatic carboxylic acids is 1. The molecule has 2 atom stereocenters. The minimum atomic E-state index is -4.95. The number of carboxylic acid groups (broad SMARTS) is 2. The molecule has 1 fully saturated rings. The second-order valence-electron chi connectivity index (χ2n) is 8.24. The van der Waals surface area contributed by atoms with Gasteiger partial charge < -0.3 is 21.3 Å². The number of halogens is 3. The molecule has 214 valence electrons. The van der Waals surface area contributed by atoms with Crippen molar-refractivity contribution in [1.82, 2.24) is 34.8 Å². The Morgan fingerprint density at radius 2 is 1.90 bits per heavy atom. The van der Waals surface area contributed by atoms with Gasteiger partial charge in [-0.2, -0.15) is 22.7 Å². The summed E-state index contributed by atoms with van der Waals surface area (Å²) < 4.78 is 41.1. The van der Waals surface area contributed by atoms with E-state index in [9.17, 15) is 42.3 Å². The van der Waals surface area contributed by atoms with Crippen LogP contribution < -0.4 is 11.1 Å². The number of thiazole rings is 1. The first kappa shape index (κ1) is 28.3. The summed E-state index contributed by atoms with van der Waals surface area (Å²) in [5.41, 5.74) is 3.67. The van der Waals surface area contributed by atoms with Crippen molar-refractivity contribution in [3.63, 3.8) is 0 Å². The molecule has 0 radical (unpaired) electrons. The maximum absolute atomic E-state index is 13.6. The van der Waals surface area contributed by atoms with E-state index in [2.05, 4.69) is 25.4 Å². The monoisotopic (exact) mass is 630 g/mol. The van der Waals surface area contributed by atoms with Gasteiger partial charge in [0.1, 0.15) is 27.8 Å². The first-order chi connectivity index (χ1) is 19.3. The number of carbonyl (C=O) groups excluding carboxylic acids is 3. The number of thioether (sulfide) groups is 2. The van der Waals surface area contributed by atoms with Gasteiger partial charge in [0.25, 0.3) is 29.2 Å². The summed E-state index contributed by atoms with van der Waals surface area (Å²) >= 11 is 2.73. The Kier molecular flexibility index (Phi) is 7.11. The third kappa shape index (κ3) is 5.17. The second-order valence-corrected chi connectivity index (χ2v) is 11.2. The molecule has 0 unspecified atom stereocenters. The number of hydrogen-bond acceptors (Lipinski definition) is 13. The van der Waals surface area contributed by atoms with Crippen molar-refractivity contribution in [3.05, 3.63) is 39.9 Å². The molecule has 5 N–H and O–H groups in total. The Hall–Kier alpha value is -4.24. The highest BCUT2D eigenvalue weighted by Crippen LogP contribution is 2.42. The molecule has 5 rings (SSSR count). The maximum atomic E-state index is 13.6. The van der Waals surface area contributed by atoms with Gasteiger partial charge in [-0.25, -0.2) is 19.6 Å². The number of nitrogens with zero attached hydrogens (tertiary/aromatic N) is 6. The van der Waals surface area contributed by atoms with Crippen LogP contribution in [0.3, 0.4) is 0 Å². The maximum Gasteiger partial charge on any atom is 0.433 e. The number of amides is 2. The standard InChI is InChI=1S/C20H13F3N8O7S3/c21-20(22,23)7-1-8(26-19-28-12(17(37)38)29-31(7)19)39-2-5-3-40-15-9(14(34)30(15)10(5)16(35)36)27-13(33)11(32)6-4-41-18(24)25-6/h1,4,9,15H,2-3H2,(H2,24,25)(H,27,33)(H,35,36)(H,37,38)/t9-,15-/m1/s1. The average Bonchev–Trinajstić information content (AvgIpc) is 3.54. The number of nitrogen functional groups attached to an aromatic ring is 1. The summed E-state index contributed by atoms with van der Waals surface area (Å²) in [6.07, 6.45) is -4.95. The largest absolute Gasteiger partial charge is 0.477 e. The number of β-lactam (4-membered cyclic amide) rings is 1. The lowest BCUT2D eigenvalue weighted by Gasteiger charge is -2.49. The molecule has 0 aliphatic carbocycles. The average molecular weight is 631 g/mol. The molecule has 21 heteroatoms. The van der Waals surface area contributed by atoms with Gasteiger partial charge in [-0.05, 0) is 5.57 Å². The summed E-state index contributed by atoms with van der Waals surface area (Å²) in [6, 6.07) is -0.587. The lowest BCUT2D eigenvalue weighted by Crippen LogP contribution is -2.71. The number of alkyl halides is 3. The van der Waals surface area contributed by atoms with Gasteiger partial charge >= 0.3 is 18.1 Å². The highest BCUT2D eigenvalue weighted by molar-refractivity contribution is 8.01. The molecule has 0 bridgehead atoms. The number of carbonyl (C=O) groups is 5. The summed E-state index contributed by atoms with van der Waals surface area (Å²) in [4.78, 5) is 72.7. The number of nitrogens with two attached hydrogens (primary N) is 1. The van der Waals surface area contributed by atoms with E-state index in [4.69, 9.17) is 10.8 Å². The van der Waals surface area contributed by atoms with Crippen LogP contribution in [0, 0.1) is 0 Å². The van der Waals surface area contributed by atoms with Crippen molar-refractivity contribution in [2.24, 2.45) is 0 Å². The number of aromatic nitrogens is 5. The zero-order valence-corrected chi connectivity index (χ0v) is 22.2. The predicted octanol–water partition coefficient (Wildman–Crippen LogP) is 0.594. The van der Waals surface area contributed by atoms with Crippen LogP contribution in [0.4, 0.5) is 18.3 Å². The number of ketones is 1. The minimum Gasteiger partial charge on any atom is -0.477 e. The highest BCUT2D eigenvalue weighted by atomic mass is 32.2. The van der Waals surface area contributed by atoms with Gasteiger partial charge in [0.05, 0.1) is 0 Å². The predicted molar refractivity (Wildman–Crippen MR) is 134 cm³/mol. The molecule has 1 saturated heterocycles. The number of anilines is 1. The topological polar surface area (TPSA) is 223 Å². The van der Waals surface area contributed by atoms with Crippen molar-refractivity contribution in [2.75, 3.05) is 17.2 Å². The first-order valence-electron chi connectivity index (χ1n) is 10.9. The molecule has 3 aromatic rings. The number of hydrogen-bond donors (Lipinski definition) is 4. The summed E-state index contributed by atoms with van der Waals surface area (Å²) in [7, 11) is 0. The Morgan fingerprint density at radius 1 is 1.17 bits per heavy atom. The molecule has 0 spiro atoms. The molecular formula is C20H13F3N8O7S3. The van der Waals surface area contributed by atoms with E-state index >= 15 is 0 Å². The molecule has 15 nitrogen and oxygen atoms in total. The summed E-state index contributed by atoms with van der Waals surface area (Å²) in [5.74, 6) is -7.80. The molecule has 0 saturated carbocycles. The fourth-order valence-electron chi connectivity index (χ4n) is 3.88. The van der Waals surface area contributed by atoms with Gasteiger partial charge in [0, 0.05) is 23.0 Å². The number of nitrogens with one attached hydrogen (secondary N) is 1. The van der Waals surface area contributed by atoms with E-state index in [1.54, 1.807) is 0 Å². The van der Waals surface area contributed by atoms with Crippen LogP contribution in [0.25, 0.3) is 5.78 Å². The quantitative estimate of drug-likeness (QED) is 0.0880. The molecule has 5 heterocycles. The van der Waals surface area contributed by atoms with Crippen LogP contribution >= 0.6 is 34.9 Å². The SMILES string of the molecule is Nc1nc(C(=O)C(=O)N[C@@H]2C(=O)N3C(C(=O)O)=C(CSc4cc(C(F)(F)F)n5nc(C(=O)O)nc5n4)CS[C@H]23)cs1. The van der Waals surface area contributed by atoms with Crippen molar-refractivity contribution in [2.45, 2.75) is 22.6 Å². The zero-order valence-electron chi connectivity index (χ0n) is 19.8. The van der Waals surface area contributed by atoms with E-state index in [1.807, 2.05) is 0 Å². The third-order valence-corrected chi connectivity index (χ3v) is 8.67. The summed E-state index contributed by atoms with van der Waals surface area (Å²) in [6.45, 7) is 0. The smallest absolute Gasteiger partial charge is 0.433 e. The molecule has 2 aliphatic rings. The van der Waals surface area contributed by atoms with Gasteiger partial charge in [-0.1, -0.05) is 0 Å². The van der Waals surface area contributed by atoms with Crippen LogP contribution in [-0.2, 0) is 20.6 Å². The molecule has 2 aliphatic heterocycles. The van der Waals surface area contributed by atoms with Crippen LogP contribution in [0.5, 0.6) is 0 Å². The Morgan fingerprint density at radius 3 is 2.51 bits per heavy atom. The van der Waals surface area contributed by atoms with E-state index in [1.165, 1.54) is 5.38 Å². The lowest BCUT2D eigenvalue weighted by atomic mass is 10.0. The van der Waals surface area contributed by atoms with Gasteiger partial charge in [0.15, 0.2) is 10.8 Å². The van der Waals surface area contributed by atoms with Gasteiger partial charge in [0.2, 0.25) is 0 Å². The lowest BCUT2D eigenvalue weighted by molar-refractivity contribution is -0.150. The third-order valence-electron chi connectivity index (χ3n) is 5.66. The number of carboxylic acids is 2. The number of rotatable bonds is 8. The summed E-state index contributed by atoms with van der Waals surface area (Å²) in [5, 5.41) is 24.7. The Bertz CT molecular complexity index is 1690. The Labute approximate surface area is 237 Å². The molecule has 3 aromatic heterocycles. The second kappa shape index (κ2) is 10.3. The fraction of sp³-hybridized carbons (Fsp3) is 0.250. The van der Waals surface area contributed by atoms with Crippen LogP contribution in [0.15, 0.2) is 27.7 Å². The highest BCUT2D eigenvalue weighted by Gasteiger charge is 2.54. The molecular weight excluding hydrogens is 617 g/mol. The van der Waals surface area contributed by atoms with Crippen LogP contribution in [-0.4, -0.2) is 92.1 Å². The Balaban J connectivity index is 1.35. The van der Waals surface area contributed by atoms with E-state index in [0.29, 0.717) is 17.8 Å². The molecule has 0 aromatic carbocycles. The van der Waals surface area contributed by atoms with Crippen molar-refractivity contribution >= 4 is 75.3 Å². The van der Waals surface area contributed by atoms with Crippen LogP contribution in [0.2, 0.25) is 0 Å². The zero-order chi connectivity index (χ0) is 29.8. The normalized spacial score (nSPS) is 18.7. The van der Waals surface area contributed by atoms with Gasteiger partial charge in [-0.3, -0.25) is 19.3 Å². The fourth-order valence-corrected chi connectivity index (χ4v) is 6.80. The number of fused-ring (bicyclic) bond motifs is 2. The minimum absolute atomic E-state index is 0.0223. The molecule has 2 amide bonds.